The zero-order valence-electron chi connectivity index (χ0n) is 14.5. The number of sulfone groups is 1. The minimum Gasteiger partial charge on any atom is -0.472 e. The number of rotatable bonds is 5. The third kappa shape index (κ3) is 3.94. The summed E-state index contributed by atoms with van der Waals surface area (Å²) in [6, 6.07) is 9.87. The van der Waals surface area contributed by atoms with Gasteiger partial charge in [-0.1, -0.05) is 12.1 Å². The summed E-state index contributed by atoms with van der Waals surface area (Å²) in [6.45, 7) is 0.408. The number of nitrogens with zero attached hydrogens (tertiary/aromatic N) is 3. The van der Waals surface area contributed by atoms with E-state index >= 15 is 0 Å². The van der Waals surface area contributed by atoms with Gasteiger partial charge in [0, 0.05) is 25.2 Å². The molecule has 146 valence electrons. The Morgan fingerprint density at radius 1 is 1.32 bits per heavy atom. The number of halogens is 2. The molecule has 2 aromatic rings. The molecule has 0 N–H and O–H groups in total. The van der Waals surface area contributed by atoms with Gasteiger partial charge >= 0.3 is 5.76 Å². The number of aromatic nitrogens is 1. The largest absolute Gasteiger partial charge is 0.472 e. The minimum absolute atomic E-state index is 0.139. The summed E-state index contributed by atoms with van der Waals surface area (Å²) in [5.74, 6) is -4.04. The average Bonchev–Trinajstić information content (AvgIpc) is 3.15. The van der Waals surface area contributed by atoms with Crippen LogP contribution >= 0.6 is 0 Å². The molecule has 1 aromatic heterocycles. The van der Waals surface area contributed by atoms with E-state index in [1.54, 1.807) is 0 Å². The van der Waals surface area contributed by atoms with Crippen LogP contribution in [0.4, 0.5) is 8.78 Å². The van der Waals surface area contributed by atoms with Gasteiger partial charge in [0.05, 0.1) is 28.6 Å². The van der Waals surface area contributed by atoms with Gasteiger partial charge in [-0.2, -0.15) is 14.0 Å². The summed E-state index contributed by atoms with van der Waals surface area (Å²) >= 11 is 0. The summed E-state index contributed by atoms with van der Waals surface area (Å²) in [7, 11) is -4.90. The lowest BCUT2D eigenvalue weighted by molar-refractivity contribution is 0.0767. The van der Waals surface area contributed by atoms with E-state index in [0.717, 1.165) is 6.07 Å². The first-order chi connectivity index (χ1) is 13.3. The fourth-order valence-electron chi connectivity index (χ4n) is 2.88. The first-order valence-corrected chi connectivity index (χ1v) is 9.80. The molecule has 0 aliphatic carbocycles. The van der Waals surface area contributed by atoms with Crippen LogP contribution in [-0.4, -0.2) is 49.2 Å². The van der Waals surface area contributed by atoms with Crippen LogP contribution in [0.3, 0.4) is 0 Å². The minimum atomic E-state index is -4.90. The Bertz CT molecular complexity index is 1040. The lowest BCUT2D eigenvalue weighted by atomic mass is 10.2. The summed E-state index contributed by atoms with van der Waals surface area (Å²) in [5, 5.41) is 8.91. The Morgan fingerprint density at radius 3 is 2.79 bits per heavy atom. The molecule has 1 amide bonds. The topological polar surface area (TPSA) is 100 Å². The number of hydrogen-bond acceptors (Lipinski definition) is 6. The van der Waals surface area contributed by atoms with Crippen molar-refractivity contribution in [3.8, 4) is 11.9 Å². The van der Waals surface area contributed by atoms with Crippen molar-refractivity contribution in [1.82, 2.24) is 9.88 Å². The molecule has 0 saturated carbocycles. The molecule has 1 fully saturated rings. The predicted molar refractivity (Wildman–Crippen MR) is 93.5 cm³/mol. The Labute approximate surface area is 160 Å². The Kier molecular flexibility index (Phi) is 5.56. The van der Waals surface area contributed by atoms with Gasteiger partial charge < -0.3 is 9.64 Å². The maximum Gasteiger partial charge on any atom is 0.341 e. The monoisotopic (exact) mass is 407 g/mol. The molecule has 10 heteroatoms. The number of ether oxygens (including phenoxy) is 1. The van der Waals surface area contributed by atoms with Crippen molar-refractivity contribution in [2.75, 3.05) is 13.1 Å². The number of alkyl halides is 2. The third-order valence-electron chi connectivity index (χ3n) is 4.24. The zero-order valence-corrected chi connectivity index (χ0v) is 15.3. The van der Waals surface area contributed by atoms with Crippen molar-refractivity contribution in [1.29, 1.82) is 5.26 Å². The summed E-state index contributed by atoms with van der Waals surface area (Å²) in [6.07, 6.45) is 1.47. The standard InChI is InChI=1S/C18H15F2N3O4S/c19-18(20)28(25,26)15-4-2-1-3-14(15)17(24)23-8-6-13(11-23)27-16-9-12(10-21)5-7-22-16/h1-5,7,9,13,18H,6,8,11H2. The van der Waals surface area contributed by atoms with Gasteiger partial charge in [0.25, 0.3) is 5.91 Å². The molecule has 7 nitrogen and oxygen atoms in total. The van der Waals surface area contributed by atoms with Gasteiger partial charge in [0.1, 0.15) is 6.10 Å². The molecular weight excluding hydrogens is 392 g/mol. The van der Waals surface area contributed by atoms with Crippen molar-refractivity contribution in [2.24, 2.45) is 0 Å². The van der Waals surface area contributed by atoms with E-state index in [4.69, 9.17) is 10.00 Å². The second-order valence-corrected chi connectivity index (χ2v) is 7.96. The fourth-order valence-corrected chi connectivity index (χ4v) is 3.80. The lowest BCUT2D eigenvalue weighted by Crippen LogP contribution is -2.32. The van der Waals surface area contributed by atoms with E-state index in [9.17, 15) is 22.0 Å². The molecule has 1 aliphatic heterocycles. The SMILES string of the molecule is N#Cc1ccnc(OC2CCN(C(=O)c3ccccc3S(=O)(=O)C(F)F)C2)c1. The lowest BCUT2D eigenvalue weighted by Gasteiger charge is -2.18. The van der Waals surface area contributed by atoms with E-state index in [2.05, 4.69) is 4.98 Å². The second kappa shape index (κ2) is 7.90. The van der Waals surface area contributed by atoms with Crippen LogP contribution < -0.4 is 4.74 Å². The summed E-state index contributed by atoms with van der Waals surface area (Å²) in [5.41, 5.74) is 0.0788. The van der Waals surface area contributed by atoms with E-state index in [-0.39, 0.29) is 24.5 Å². The van der Waals surface area contributed by atoms with Gasteiger partial charge in [-0.3, -0.25) is 4.79 Å². The van der Waals surface area contributed by atoms with Crippen molar-refractivity contribution < 1.29 is 26.7 Å². The molecule has 3 rings (SSSR count). The molecular formula is C18H15F2N3O4S. The molecule has 1 aromatic carbocycles. The number of carbonyl (C=O) groups excluding carboxylic acids is 1. The normalized spacial score (nSPS) is 16.8. The highest BCUT2D eigenvalue weighted by Crippen LogP contribution is 2.25. The first-order valence-electron chi connectivity index (χ1n) is 8.26. The van der Waals surface area contributed by atoms with Crippen LogP contribution in [0.1, 0.15) is 22.3 Å². The van der Waals surface area contributed by atoms with E-state index in [1.165, 1.54) is 41.4 Å². The van der Waals surface area contributed by atoms with Crippen molar-refractivity contribution >= 4 is 15.7 Å². The number of nitriles is 1. The average molecular weight is 407 g/mol. The third-order valence-corrected chi connectivity index (χ3v) is 5.68. The smallest absolute Gasteiger partial charge is 0.341 e. The highest BCUT2D eigenvalue weighted by molar-refractivity contribution is 7.91. The van der Waals surface area contributed by atoms with Gasteiger partial charge in [-0.15, -0.1) is 0 Å². The van der Waals surface area contributed by atoms with Crippen LogP contribution in [0.15, 0.2) is 47.5 Å². The highest BCUT2D eigenvalue weighted by Gasteiger charge is 2.34. The number of amides is 1. The van der Waals surface area contributed by atoms with Gasteiger partial charge in [-0.05, 0) is 18.2 Å². The highest BCUT2D eigenvalue weighted by atomic mass is 32.2. The number of carbonyl (C=O) groups is 1. The molecule has 1 saturated heterocycles. The van der Waals surface area contributed by atoms with Crippen molar-refractivity contribution in [3.63, 3.8) is 0 Å². The fraction of sp³-hybridized carbons (Fsp3) is 0.278. The Hall–Kier alpha value is -3.06. The van der Waals surface area contributed by atoms with E-state index in [0.29, 0.717) is 12.0 Å². The zero-order chi connectivity index (χ0) is 20.3. The first kappa shape index (κ1) is 19.7. The van der Waals surface area contributed by atoms with Gasteiger partial charge in [-0.25, -0.2) is 13.4 Å². The van der Waals surface area contributed by atoms with Gasteiger partial charge in [0.15, 0.2) is 0 Å². The van der Waals surface area contributed by atoms with Crippen LogP contribution in [0.25, 0.3) is 0 Å². The molecule has 1 unspecified atom stereocenters. The van der Waals surface area contributed by atoms with Gasteiger partial charge in [0.2, 0.25) is 15.7 Å². The molecule has 1 aliphatic rings. The maximum atomic E-state index is 12.9. The quantitative estimate of drug-likeness (QED) is 0.754. The maximum absolute atomic E-state index is 12.9. The predicted octanol–water partition coefficient (Wildman–Crippen LogP) is 2.24. The Morgan fingerprint density at radius 2 is 2.07 bits per heavy atom. The number of likely N-dealkylation sites (tertiary alicyclic amines) is 1. The molecule has 1 atom stereocenters. The molecule has 2 heterocycles. The number of pyridine rings is 1. The van der Waals surface area contributed by atoms with Crippen LogP contribution in [0, 0.1) is 11.3 Å². The number of benzene rings is 1. The molecule has 0 radical (unpaired) electrons. The van der Waals surface area contributed by atoms with Crippen LogP contribution in [-0.2, 0) is 9.84 Å². The van der Waals surface area contributed by atoms with E-state index < -0.39 is 32.5 Å². The Balaban J connectivity index is 1.76. The molecule has 0 bridgehead atoms. The van der Waals surface area contributed by atoms with Crippen molar-refractivity contribution in [3.05, 3.63) is 53.7 Å². The van der Waals surface area contributed by atoms with Crippen molar-refractivity contribution in [2.45, 2.75) is 23.2 Å². The van der Waals surface area contributed by atoms with E-state index in [1.807, 2.05) is 6.07 Å². The summed E-state index contributed by atoms with van der Waals surface area (Å²) < 4.78 is 55.2. The molecule has 0 spiro atoms. The second-order valence-electron chi connectivity index (χ2n) is 6.08. The number of hydrogen-bond donors (Lipinski definition) is 0. The van der Waals surface area contributed by atoms with Crippen LogP contribution in [0.5, 0.6) is 5.88 Å². The summed E-state index contributed by atoms with van der Waals surface area (Å²) in [4.78, 5) is 17.4. The van der Waals surface area contributed by atoms with Crippen LogP contribution in [0.2, 0.25) is 0 Å². The molecule has 28 heavy (non-hydrogen) atoms.